The van der Waals surface area contributed by atoms with Gasteiger partial charge in [-0.3, -0.25) is 4.79 Å². The first-order chi connectivity index (χ1) is 17.8. The number of aromatic nitrogens is 2. The average molecular weight is 535 g/mol. The molecule has 9 nitrogen and oxygen atoms in total. The minimum absolute atomic E-state index is 0.188. The number of carbonyl (C=O) groups is 1. The largest absolute Gasteiger partial charge is 0.435 e. The van der Waals surface area contributed by atoms with Gasteiger partial charge in [0.1, 0.15) is 11.5 Å². The van der Waals surface area contributed by atoms with Crippen LogP contribution in [0.5, 0.6) is 0 Å². The zero-order valence-electron chi connectivity index (χ0n) is 19.9. The predicted octanol–water partition coefficient (Wildman–Crippen LogP) is 4.59. The molecule has 2 heterocycles. The van der Waals surface area contributed by atoms with Crippen LogP contribution in [-0.4, -0.2) is 46.6 Å². The van der Waals surface area contributed by atoms with E-state index in [0.717, 1.165) is 54.5 Å². The second kappa shape index (κ2) is 11.8. The fourth-order valence-electron chi connectivity index (χ4n) is 3.89. The summed E-state index contributed by atoms with van der Waals surface area (Å²) in [5, 5.41) is 6.31. The van der Waals surface area contributed by atoms with Crippen LogP contribution >= 0.6 is 12.2 Å². The Morgan fingerprint density at radius 3 is 2.54 bits per heavy atom. The molecule has 2 aromatic carbocycles. The zero-order chi connectivity index (χ0) is 26.4. The van der Waals surface area contributed by atoms with Gasteiger partial charge in [-0.25, -0.2) is 9.57 Å². The summed E-state index contributed by atoms with van der Waals surface area (Å²) in [4.78, 5) is 19.8. The molecule has 37 heavy (non-hydrogen) atoms. The van der Waals surface area contributed by atoms with Crippen molar-refractivity contribution in [3.8, 4) is 5.69 Å². The molecule has 1 aliphatic rings. The van der Waals surface area contributed by atoms with E-state index in [4.69, 9.17) is 10.1 Å². The van der Waals surface area contributed by atoms with Gasteiger partial charge in [0.25, 0.3) is 5.91 Å². The fraction of sp³-hybridized carbons (Fsp3) is 0.292. The SMILES string of the molecule is COOSN=C(c1ccc(NC(=O)c2cc(C(F)(F)F)nn2-c2cccc(CN)c2)cc1)N1CCCC1. The number of nitrogens with two attached hydrogens (primary N) is 1. The van der Waals surface area contributed by atoms with Gasteiger partial charge in [-0.2, -0.15) is 22.7 Å². The number of hydrogen-bond donors (Lipinski definition) is 2. The highest BCUT2D eigenvalue weighted by molar-refractivity contribution is 7.93. The van der Waals surface area contributed by atoms with Gasteiger partial charge in [-0.1, -0.05) is 12.1 Å². The molecule has 0 aliphatic carbocycles. The summed E-state index contributed by atoms with van der Waals surface area (Å²) >= 11 is 0.806. The highest BCUT2D eigenvalue weighted by atomic mass is 32.2. The Kier molecular flexibility index (Phi) is 8.48. The monoisotopic (exact) mass is 534 g/mol. The first kappa shape index (κ1) is 26.7. The van der Waals surface area contributed by atoms with E-state index < -0.39 is 17.8 Å². The summed E-state index contributed by atoms with van der Waals surface area (Å²) in [5.41, 5.74) is 6.39. The van der Waals surface area contributed by atoms with Crippen molar-refractivity contribution < 1.29 is 27.2 Å². The van der Waals surface area contributed by atoms with Gasteiger partial charge in [0.2, 0.25) is 0 Å². The molecule has 0 unspecified atom stereocenters. The molecule has 13 heteroatoms. The Morgan fingerprint density at radius 2 is 1.89 bits per heavy atom. The van der Waals surface area contributed by atoms with E-state index in [0.29, 0.717) is 22.8 Å². The highest BCUT2D eigenvalue weighted by Crippen LogP contribution is 2.30. The molecule has 0 bridgehead atoms. The van der Waals surface area contributed by atoms with Crippen molar-refractivity contribution >= 4 is 29.7 Å². The van der Waals surface area contributed by atoms with Gasteiger partial charge < -0.3 is 16.0 Å². The summed E-state index contributed by atoms with van der Waals surface area (Å²) in [6.07, 6.45) is -2.63. The molecule has 4 rings (SSSR count). The second-order valence-electron chi connectivity index (χ2n) is 8.15. The van der Waals surface area contributed by atoms with Crippen molar-refractivity contribution in [2.45, 2.75) is 25.6 Å². The molecule has 1 saturated heterocycles. The molecular formula is C24H25F3N6O3S. The maximum Gasteiger partial charge on any atom is 0.435 e. The van der Waals surface area contributed by atoms with Crippen LogP contribution in [0.15, 0.2) is 59.0 Å². The Balaban J connectivity index is 1.59. The minimum Gasteiger partial charge on any atom is -0.356 e. The van der Waals surface area contributed by atoms with Crippen molar-refractivity contribution in [2.24, 2.45) is 10.1 Å². The molecule has 0 saturated carbocycles. The van der Waals surface area contributed by atoms with Crippen LogP contribution in [0.25, 0.3) is 5.69 Å². The molecule has 1 fully saturated rings. The van der Waals surface area contributed by atoms with Crippen LogP contribution in [0.2, 0.25) is 0 Å². The Hall–Kier alpha value is -3.39. The predicted molar refractivity (Wildman–Crippen MR) is 134 cm³/mol. The van der Waals surface area contributed by atoms with E-state index in [1.807, 2.05) is 0 Å². The Bertz CT molecular complexity index is 1260. The maximum absolute atomic E-state index is 13.4. The van der Waals surface area contributed by atoms with Crippen LogP contribution in [-0.2, 0) is 21.9 Å². The fourth-order valence-corrected chi connectivity index (χ4v) is 4.28. The zero-order valence-corrected chi connectivity index (χ0v) is 20.7. The number of amidine groups is 1. The van der Waals surface area contributed by atoms with Crippen molar-refractivity contribution in [2.75, 3.05) is 25.5 Å². The number of carbonyl (C=O) groups excluding carboxylic acids is 1. The molecule has 0 spiro atoms. The molecule has 1 amide bonds. The molecule has 3 aromatic rings. The minimum atomic E-state index is -4.72. The summed E-state index contributed by atoms with van der Waals surface area (Å²) < 4.78 is 50.5. The van der Waals surface area contributed by atoms with Crippen LogP contribution < -0.4 is 11.1 Å². The van der Waals surface area contributed by atoms with Gasteiger partial charge in [0.15, 0.2) is 17.9 Å². The number of amides is 1. The third-order valence-corrected chi connectivity index (χ3v) is 6.10. The van der Waals surface area contributed by atoms with Crippen molar-refractivity contribution in [3.63, 3.8) is 0 Å². The standard InChI is InChI=1S/C24H25F3N6O3S/c1-35-36-37-31-22(32-11-2-3-12-32)17-7-9-18(10-8-17)29-23(34)20-14-21(24(25,26)27)30-33(20)19-6-4-5-16(13-19)15-28/h4-10,13-14H,2-3,11-12,15,28H2,1H3,(H,29,34). The number of likely N-dealkylation sites (tertiary alicyclic amines) is 1. The molecule has 0 atom stereocenters. The topological polar surface area (TPSA) is 107 Å². The van der Waals surface area contributed by atoms with E-state index >= 15 is 0 Å². The summed E-state index contributed by atoms with van der Waals surface area (Å²) in [6.45, 7) is 1.89. The van der Waals surface area contributed by atoms with Crippen LogP contribution in [0.4, 0.5) is 18.9 Å². The lowest BCUT2D eigenvalue weighted by Gasteiger charge is -2.20. The van der Waals surface area contributed by atoms with Gasteiger partial charge in [0.05, 0.1) is 12.8 Å². The number of halogens is 3. The third-order valence-electron chi connectivity index (χ3n) is 5.65. The van der Waals surface area contributed by atoms with Crippen molar-refractivity contribution in [3.05, 3.63) is 77.1 Å². The first-order valence-electron chi connectivity index (χ1n) is 11.4. The summed E-state index contributed by atoms with van der Waals surface area (Å²) in [6, 6.07) is 14.1. The first-order valence-corrected chi connectivity index (χ1v) is 12.1. The van der Waals surface area contributed by atoms with E-state index in [9.17, 15) is 18.0 Å². The van der Waals surface area contributed by atoms with Crippen LogP contribution in [0.3, 0.4) is 0 Å². The molecule has 1 aromatic heterocycles. The number of alkyl halides is 3. The molecule has 196 valence electrons. The second-order valence-corrected chi connectivity index (χ2v) is 8.62. The van der Waals surface area contributed by atoms with Gasteiger partial charge in [0, 0.05) is 37.0 Å². The van der Waals surface area contributed by atoms with Crippen molar-refractivity contribution in [1.82, 2.24) is 14.7 Å². The number of hydrogen-bond acceptors (Lipinski definition) is 7. The van der Waals surface area contributed by atoms with E-state index in [2.05, 4.69) is 24.6 Å². The number of nitrogens with zero attached hydrogens (tertiary/aromatic N) is 4. The van der Waals surface area contributed by atoms with Crippen LogP contribution in [0, 0.1) is 0 Å². The molecule has 1 aliphatic heterocycles. The van der Waals surface area contributed by atoms with Crippen molar-refractivity contribution in [1.29, 1.82) is 0 Å². The number of rotatable bonds is 8. The lowest BCUT2D eigenvalue weighted by atomic mass is 10.1. The Labute approximate surface area is 215 Å². The van der Waals surface area contributed by atoms with Gasteiger partial charge >= 0.3 is 6.18 Å². The third kappa shape index (κ3) is 6.49. The highest BCUT2D eigenvalue weighted by Gasteiger charge is 2.36. The average Bonchev–Trinajstić information content (AvgIpc) is 3.58. The molecule has 3 N–H and O–H groups in total. The summed E-state index contributed by atoms with van der Waals surface area (Å²) in [7, 11) is 1.38. The maximum atomic E-state index is 13.4. The molecule has 0 radical (unpaired) electrons. The van der Waals surface area contributed by atoms with Gasteiger partial charge in [-0.05, 0) is 54.8 Å². The number of benzene rings is 2. The Morgan fingerprint density at radius 1 is 1.16 bits per heavy atom. The lowest BCUT2D eigenvalue weighted by Crippen LogP contribution is -2.28. The van der Waals surface area contributed by atoms with Crippen LogP contribution in [0.1, 0.15) is 40.2 Å². The van der Waals surface area contributed by atoms with E-state index in [-0.39, 0.29) is 12.2 Å². The lowest BCUT2D eigenvalue weighted by molar-refractivity contribution is -0.160. The number of anilines is 1. The molecular weight excluding hydrogens is 509 g/mol. The van der Waals surface area contributed by atoms with E-state index in [1.165, 1.54) is 7.11 Å². The van der Waals surface area contributed by atoms with Gasteiger partial charge in [-0.15, -0.1) is 4.33 Å². The quantitative estimate of drug-likeness (QED) is 0.0828. The normalized spacial score (nSPS) is 14.3. The smallest absolute Gasteiger partial charge is 0.356 e. The van der Waals surface area contributed by atoms with E-state index in [1.54, 1.807) is 48.5 Å². The summed E-state index contributed by atoms with van der Waals surface area (Å²) in [5.74, 6) is -0.0449. The number of nitrogens with one attached hydrogen (secondary N) is 1.